The van der Waals surface area contributed by atoms with Crippen LogP contribution in [0.4, 0.5) is 11.4 Å². The molecule has 0 fully saturated rings. The van der Waals surface area contributed by atoms with Crippen LogP contribution in [0.3, 0.4) is 0 Å². The molecule has 0 amide bonds. The van der Waals surface area contributed by atoms with Crippen LogP contribution in [0.2, 0.25) is 0 Å². The summed E-state index contributed by atoms with van der Waals surface area (Å²) in [5.41, 5.74) is 9.58. The van der Waals surface area contributed by atoms with Crippen molar-refractivity contribution in [2.24, 2.45) is 0 Å². The lowest BCUT2D eigenvalue weighted by Gasteiger charge is -2.10. The smallest absolute Gasteiger partial charge is 0.0542 e. The number of rotatable bonds is 6. The Bertz CT molecular complexity index is 471. The average Bonchev–Trinajstić information content (AvgIpc) is 2.44. The van der Waals surface area contributed by atoms with Crippen LogP contribution >= 0.6 is 0 Å². The van der Waals surface area contributed by atoms with Crippen molar-refractivity contribution in [2.75, 3.05) is 17.5 Å². The molecule has 2 rings (SSSR count). The van der Waals surface area contributed by atoms with Gasteiger partial charge in [-0.05, 0) is 42.7 Å². The first-order valence-corrected chi connectivity index (χ1v) is 6.15. The highest BCUT2D eigenvalue weighted by atomic mass is 16.2. The Kier molecular flexibility index (Phi) is 4.61. The predicted octanol–water partition coefficient (Wildman–Crippen LogP) is 3.05. The van der Waals surface area contributed by atoms with Crippen LogP contribution in [0, 0.1) is 0 Å². The van der Waals surface area contributed by atoms with E-state index in [4.69, 9.17) is 5.11 Å². The summed E-state index contributed by atoms with van der Waals surface area (Å²) in [5.74, 6) is 0. The van der Waals surface area contributed by atoms with Crippen molar-refractivity contribution >= 4 is 11.4 Å². The van der Waals surface area contributed by atoms with Crippen molar-refractivity contribution in [2.45, 2.75) is 12.8 Å². The summed E-state index contributed by atoms with van der Waals surface area (Å²) in [7, 11) is 0. The Morgan fingerprint density at radius 2 is 1.56 bits per heavy atom. The monoisotopic (exact) mass is 242 g/mol. The number of hydrogen-bond acceptors (Lipinski definition) is 3. The van der Waals surface area contributed by atoms with Crippen molar-refractivity contribution in [1.82, 2.24) is 0 Å². The van der Waals surface area contributed by atoms with E-state index in [1.807, 2.05) is 42.5 Å². The largest absolute Gasteiger partial charge is 0.396 e. The van der Waals surface area contributed by atoms with Crippen LogP contribution in [-0.4, -0.2) is 11.7 Å². The Morgan fingerprint density at radius 3 is 2.33 bits per heavy atom. The van der Waals surface area contributed by atoms with E-state index < -0.39 is 0 Å². The molecule has 0 radical (unpaired) electrons. The molecule has 0 saturated carbocycles. The molecule has 3 N–H and O–H groups in total. The quantitative estimate of drug-likeness (QED) is 0.682. The molecule has 94 valence electrons. The molecule has 0 saturated heterocycles. The molecule has 2 aromatic carbocycles. The molecular weight excluding hydrogens is 224 g/mol. The van der Waals surface area contributed by atoms with Crippen LogP contribution in [0.15, 0.2) is 54.6 Å². The molecule has 0 aromatic heterocycles. The maximum Gasteiger partial charge on any atom is 0.0542 e. The highest BCUT2D eigenvalue weighted by molar-refractivity contribution is 5.53. The number of anilines is 2. The van der Waals surface area contributed by atoms with Crippen molar-refractivity contribution in [1.29, 1.82) is 0 Å². The van der Waals surface area contributed by atoms with E-state index in [0.717, 1.165) is 24.2 Å². The third-order valence-electron chi connectivity index (χ3n) is 2.68. The molecule has 18 heavy (non-hydrogen) atoms. The minimum absolute atomic E-state index is 0.236. The second-order valence-corrected chi connectivity index (χ2v) is 4.14. The molecule has 0 unspecified atom stereocenters. The van der Waals surface area contributed by atoms with E-state index in [1.54, 1.807) is 0 Å². The molecule has 2 aromatic rings. The number of benzene rings is 2. The first kappa shape index (κ1) is 12.5. The van der Waals surface area contributed by atoms with Crippen LogP contribution in [-0.2, 0) is 6.42 Å². The summed E-state index contributed by atoms with van der Waals surface area (Å²) in [6.45, 7) is 0.236. The van der Waals surface area contributed by atoms with Crippen LogP contribution in [0.1, 0.15) is 12.0 Å². The molecular formula is C15H18N2O. The lowest BCUT2D eigenvalue weighted by molar-refractivity contribution is 0.288. The third kappa shape index (κ3) is 3.79. The van der Waals surface area contributed by atoms with Crippen LogP contribution in [0.5, 0.6) is 0 Å². The number of aliphatic hydroxyl groups excluding tert-OH is 1. The van der Waals surface area contributed by atoms with Gasteiger partial charge in [0.05, 0.1) is 11.4 Å². The van der Waals surface area contributed by atoms with Gasteiger partial charge in [-0.3, -0.25) is 0 Å². The Labute approximate surface area is 107 Å². The number of hydrazine groups is 1. The molecule has 0 aliphatic rings. The van der Waals surface area contributed by atoms with Gasteiger partial charge < -0.3 is 16.0 Å². The second-order valence-electron chi connectivity index (χ2n) is 4.14. The number of para-hydroxylation sites is 1. The first-order chi connectivity index (χ1) is 8.88. The van der Waals surface area contributed by atoms with Crippen molar-refractivity contribution < 1.29 is 5.11 Å². The summed E-state index contributed by atoms with van der Waals surface area (Å²) in [6, 6.07) is 18.2. The fourth-order valence-corrected chi connectivity index (χ4v) is 1.75. The van der Waals surface area contributed by atoms with Gasteiger partial charge in [-0.15, -0.1) is 0 Å². The summed E-state index contributed by atoms with van der Waals surface area (Å²) >= 11 is 0. The average molecular weight is 242 g/mol. The maximum atomic E-state index is 8.82. The van der Waals surface area contributed by atoms with Gasteiger partial charge in [0.1, 0.15) is 0 Å². The zero-order chi connectivity index (χ0) is 12.6. The molecule has 0 aliphatic carbocycles. The third-order valence-corrected chi connectivity index (χ3v) is 2.68. The van der Waals surface area contributed by atoms with Gasteiger partial charge in [-0.2, -0.15) is 0 Å². The summed E-state index contributed by atoms with van der Waals surface area (Å²) < 4.78 is 0. The van der Waals surface area contributed by atoms with Gasteiger partial charge >= 0.3 is 0 Å². The molecule has 3 heteroatoms. The normalized spacial score (nSPS) is 10.1. The lowest BCUT2D eigenvalue weighted by Crippen LogP contribution is -2.08. The van der Waals surface area contributed by atoms with Gasteiger partial charge in [-0.25, -0.2) is 0 Å². The number of nitrogens with one attached hydrogen (secondary N) is 2. The molecule has 0 bridgehead atoms. The molecule has 0 aliphatic heterocycles. The number of aliphatic hydroxyl groups is 1. The molecule has 0 spiro atoms. The van der Waals surface area contributed by atoms with E-state index in [2.05, 4.69) is 23.0 Å². The Morgan fingerprint density at radius 1 is 0.833 bits per heavy atom. The van der Waals surface area contributed by atoms with Gasteiger partial charge in [0.2, 0.25) is 0 Å². The van der Waals surface area contributed by atoms with E-state index in [-0.39, 0.29) is 6.61 Å². The van der Waals surface area contributed by atoms with Crippen LogP contribution in [0.25, 0.3) is 0 Å². The van der Waals surface area contributed by atoms with Gasteiger partial charge in [-0.1, -0.05) is 30.3 Å². The van der Waals surface area contributed by atoms with Gasteiger partial charge in [0, 0.05) is 6.61 Å². The highest BCUT2D eigenvalue weighted by Crippen LogP contribution is 2.13. The minimum atomic E-state index is 0.236. The fourth-order valence-electron chi connectivity index (χ4n) is 1.75. The first-order valence-electron chi connectivity index (χ1n) is 6.15. The van der Waals surface area contributed by atoms with Gasteiger partial charge in [0.25, 0.3) is 0 Å². The van der Waals surface area contributed by atoms with Crippen LogP contribution < -0.4 is 10.9 Å². The fraction of sp³-hybridized carbons (Fsp3) is 0.200. The zero-order valence-corrected chi connectivity index (χ0v) is 10.3. The molecule has 0 atom stereocenters. The predicted molar refractivity (Wildman–Crippen MR) is 75.5 cm³/mol. The maximum absolute atomic E-state index is 8.82. The molecule has 3 nitrogen and oxygen atoms in total. The Hall–Kier alpha value is -2.00. The van der Waals surface area contributed by atoms with E-state index in [0.29, 0.717) is 0 Å². The van der Waals surface area contributed by atoms with E-state index in [1.165, 1.54) is 5.56 Å². The second kappa shape index (κ2) is 6.67. The summed E-state index contributed by atoms with van der Waals surface area (Å²) in [6.07, 6.45) is 1.70. The lowest BCUT2D eigenvalue weighted by atomic mass is 10.1. The zero-order valence-electron chi connectivity index (χ0n) is 10.3. The summed E-state index contributed by atoms with van der Waals surface area (Å²) in [4.78, 5) is 0. The number of aryl methyl sites for hydroxylation is 1. The Balaban J connectivity index is 1.93. The minimum Gasteiger partial charge on any atom is -0.396 e. The van der Waals surface area contributed by atoms with Crippen molar-refractivity contribution in [3.05, 3.63) is 60.2 Å². The van der Waals surface area contributed by atoms with Crippen molar-refractivity contribution in [3.63, 3.8) is 0 Å². The number of hydrogen-bond donors (Lipinski definition) is 3. The van der Waals surface area contributed by atoms with Crippen molar-refractivity contribution in [3.8, 4) is 0 Å². The molecule has 0 heterocycles. The topological polar surface area (TPSA) is 44.3 Å². The van der Waals surface area contributed by atoms with E-state index >= 15 is 0 Å². The standard InChI is InChI=1S/C15H18N2O/c18-11-5-7-13-6-4-10-15(12-13)17-16-14-8-2-1-3-9-14/h1-4,6,8-10,12,16-18H,5,7,11H2. The SMILES string of the molecule is OCCCc1cccc(NNc2ccccc2)c1. The van der Waals surface area contributed by atoms with Gasteiger partial charge in [0.15, 0.2) is 0 Å². The highest BCUT2D eigenvalue weighted by Gasteiger charge is 1.96. The summed E-state index contributed by atoms with van der Waals surface area (Å²) in [5, 5.41) is 8.82. The van der Waals surface area contributed by atoms with E-state index in [9.17, 15) is 0 Å².